The van der Waals surface area contributed by atoms with Crippen LogP contribution < -0.4 is 5.73 Å². The van der Waals surface area contributed by atoms with Crippen molar-refractivity contribution < 1.29 is 5.11 Å². The summed E-state index contributed by atoms with van der Waals surface area (Å²) in [5, 5.41) is 8.66. The van der Waals surface area contributed by atoms with Crippen LogP contribution >= 0.6 is 11.8 Å². The second kappa shape index (κ2) is 5.93. The molecule has 1 aromatic heterocycles. The number of aromatic nitrogens is 2. The SMILES string of the molecule is Nc1ccc2nc(CCSCCCO)[nH]c2c1. The number of rotatable bonds is 6. The van der Waals surface area contributed by atoms with Crippen molar-refractivity contribution >= 4 is 28.5 Å². The molecule has 0 atom stereocenters. The number of imidazole rings is 1. The van der Waals surface area contributed by atoms with E-state index in [9.17, 15) is 0 Å². The smallest absolute Gasteiger partial charge is 0.108 e. The number of aliphatic hydroxyl groups excluding tert-OH is 1. The molecule has 4 nitrogen and oxygen atoms in total. The Morgan fingerprint density at radius 3 is 3.06 bits per heavy atom. The van der Waals surface area contributed by atoms with Gasteiger partial charge in [0.1, 0.15) is 5.82 Å². The first-order valence-corrected chi connectivity index (χ1v) is 6.88. The van der Waals surface area contributed by atoms with Crippen LogP contribution in [0.25, 0.3) is 11.0 Å². The molecule has 0 aliphatic carbocycles. The van der Waals surface area contributed by atoms with Crippen LogP contribution in [0.4, 0.5) is 5.69 Å². The number of fused-ring (bicyclic) bond motifs is 1. The summed E-state index contributed by atoms with van der Waals surface area (Å²) in [7, 11) is 0. The van der Waals surface area contributed by atoms with Crippen molar-refractivity contribution in [2.45, 2.75) is 12.8 Å². The fraction of sp³-hybridized carbons (Fsp3) is 0.417. The molecule has 5 heteroatoms. The number of nitrogens with two attached hydrogens (primary N) is 1. The molecule has 0 fully saturated rings. The molecular weight excluding hydrogens is 234 g/mol. The highest BCUT2D eigenvalue weighted by molar-refractivity contribution is 7.99. The van der Waals surface area contributed by atoms with Gasteiger partial charge in [-0.3, -0.25) is 0 Å². The maximum Gasteiger partial charge on any atom is 0.108 e. The molecule has 4 N–H and O–H groups in total. The number of H-pyrrole nitrogens is 1. The molecule has 0 unspecified atom stereocenters. The number of hydrogen-bond acceptors (Lipinski definition) is 4. The molecule has 0 saturated carbocycles. The van der Waals surface area contributed by atoms with Gasteiger partial charge >= 0.3 is 0 Å². The van der Waals surface area contributed by atoms with Crippen LogP contribution in [0, 0.1) is 0 Å². The van der Waals surface area contributed by atoms with E-state index in [-0.39, 0.29) is 6.61 Å². The number of nitrogens with zero attached hydrogens (tertiary/aromatic N) is 1. The van der Waals surface area contributed by atoms with Gasteiger partial charge in [0, 0.05) is 24.5 Å². The van der Waals surface area contributed by atoms with E-state index in [1.165, 1.54) is 0 Å². The Hall–Kier alpha value is -1.20. The molecular formula is C12H17N3OS. The van der Waals surface area contributed by atoms with Crippen LogP contribution in [0.5, 0.6) is 0 Å². The standard InChI is InChI=1S/C12H17N3OS/c13-9-2-3-10-11(8-9)15-12(14-10)4-7-17-6-1-5-16/h2-3,8,16H,1,4-7,13H2,(H,14,15). The van der Waals surface area contributed by atoms with E-state index in [0.29, 0.717) is 0 Å². The van der Waals surface area contributed by atoms with E-state index in [4.69, 9.17) is 10.8 Å². The number of hydrogen-bond donors (Lipinski definition) is 3. The molecule has 92 valence electrons. The second-order valence-electron chi connectivity index (χ2n) is 3.90. The van der Waals surface area contributed by atoms with Crippen molar-refractivity contribution in [1.82, 2.24) is 9.97 Å². The summed E-state index contributed by atoms with van der Waals surface area (Å²) in [6.45, 7) is 0.275. The zero-order valence-corrected chi connectivity index (χ0v) is 10.5. The molecule has 2 rings (SSSR count). The summed E-state index contributed by atoms with van der Waals surface area (Å²) in [5.41, 5.74) is 8.43. The molecule has 0 bridgehead atoms. The van der Waals surface area contributed by atoms with E-state index in [0.717, 1.165) is 46.9 Å². The van der Waals surface area contributed by atoms with Crippen molar-refractivity contribution in [2.24, 2.45) is 0 Å². The summed E-state index contributed by atoms with van der Waals surface area (Å²) >= 11 is 1.84. The summed E-state index contributed by atoms with van der Waals surface area (Å²) < 4.78 is 0. The van der Waals surface area contributed by atoms with Gasteiger partial charge in [0.2, 0.25) is 0 Å². The van der Waals surface area contributed by atoms with Crippen molar-refractivity contribution in [3.63, 3.8) is 0 Å². The predicted octanol–water partition coefficient (Wildman–Crippen LogP) is 1.80. The number of nitrogen functional groups attached to an aromatic ring is 1. The molecule has 17 heavy (non-hydrogen) atoms. The normalized spacial score (nSPS) is 11.1. The van der Waals surface area contributed by atoms with E-state index < -0.39 is 0 Å². The summed E-state index contributed by atoms with van der Waals surface area (Å²) in [4.78, 5) is 7.77. The van der Waals surface area contributed by atoms with Gasteiger partial charge in [-0.2, -0.15) is 11.8 Å². The average molecular weight is 251 g/mol. The molecule has 0 radical (unpaired) electrons. The predicted molar refractivity (Wildman–Crippen MR) is 73.2 cm³/mol. The Kier molecular flexibility index (Phi) is 4.28. The molecule has 0 amide bonds. The molecule has 0 saturated heterocycles. The summed E-state index contributed by atoms with van der Waals surface area (Å²) in [6.07, 6.45) is 1.78. The number of thioether (sulfide) groups is 1. The van der Waals surface area contributed by atoms with Crippen LogP contribution in [0.1, 0.15) is 12.2 Å². The maximum absolute atomic E-state index is 8.66. The highest BCUT2D eigenvalue weighted by Crippen LogP contribution is 2.16. The lowest BCUT2D eigenvalue weighted by Crippen LogP contribution is -1.93. The van der Waals surface area contributed by atoms with Gasteiger partial charge in [-0.05, 0) is 30.4 Å². The molecule has 0 aliphatic heterocycles. The molecule has 1 heterocycles. The Bertz CT molecular complexity index is 484. The summed E-state index contributed by atoms with van der Waals surface area (Å²) in [5.74, 6) is 3.03. The molecule has 1 aromatic carbocycles. The van der Waals surface area contributed by atoms with Gasteiger partial charge in [0.25, 0.3) is 0 Å². The Labute approximate surface area is 105 Å². The third kappa shape index (κ3) is 3.38. The third-order valence-corrected chi connectivity index (χ3v) is 3.56. The van der Waals surface area contributed by atoms with Crippen LogP contribution in [0.2, 0.25) is 0 Å². The van der Waals surface area contributed by atoms with E-state index in [1.54, 1.807) is 0 Å². The van der Waals surface area contributed by atoms with Gasteiger partial charge in [-0.1, -0.05) is 0 Å². The van der Waals surface area contributed by atoms with E-state index >= 15 is 0 Å². The fourth-order valence-electron chi connectivity index (χ4n) is 1.64. The van der Waals surface area contributed by atoms with Gasteiger partial charge < -0.3 is 15.8 Å². The largest absolute Gasteiger partial charge is 0.399 e. The van der Waals surface area contributed by atoms with Crippen LogP contribution in [0.15, 0.2) is 18.2 Å². The Balaban J connectivity index is 1.91. The first kappa shape index (κ1) is 12.3. The van der Waals surface area contributed by atoms with Crippen LogP contribution in [0.3, 0.4) is 0 Å². The Morgan fingerprint density at radius 1 is 1.35 bits per heavy atom. The highest BCUT2D eigenvalue weighted by Gasteiger charge is 2.02. The molecule has 2 aromatic rings. The first-order valence-electron chi connectivity index (χ1n) is 5.72. The lowest BCUT2D eigenvalue weighted by Gasteiger charge is -1.97. The average Bonchev–Trinajstić information content (AvgIpc) is 2.70. The van der Waals surface area contributed by atoms with Crippen molar-refractivity contribution in [2.75, 3.05) is 23.8 Å². The minimum absolute atomic E-state index is 0.275. The van der Waals surface area contributed by atoms with E-state index in [1.807, 2.05) is 30.0 Å². The summed E-state index contributed by atoms with van der Waals surface area (Å²) in [6, 6.07) is 5.71. The lowest BCUT2D eigenvalue weighted by molar-refractivity contribution is 0.296. The Morgan fingerprint density at radius 2 is 2.24 bits per heavy atom. The zero-order valence-electron chi connectivity index (χ0n) is 9.65. The first-order chi connectivity index (χ1) is 8.29. The number of aryl methyl sites for hydroxylation is 1. The minimum atomic E-state index is 0.275. The van der Waals surface area contributed by atoms with Crippen molar-refractivity contribution in [3.8, 4) is 0 Å². The van der Waals surface area contributed by atoms with Gasteiger partial charge in [-0.25, -0.2) is 4.98 Å². The number of nitrogens with one attached hydrogen (secondary N) is 1. The third-order valence-electron chi connectivity index (χ3n) is 2.48. The fourth-order valence-corrected chi connectivity index (χ4v) is 2.51. The minimum Gasteiger partial charge on any atom is -0.399 e. The van der Waals surface area contributed by atoms with Crippen LogP contribution in [-0.2, 0) is 6.42 Å². The van der Waals surface area contributed by atoms with Crippen molar-refractivity contribution in [1.29, 1.82) is 0 Å². The lowest BCUT2D eigenvalue weighted by atomic mass is 10.3. The van der Waals surface area contributed by atoms with Crippen molar-refractivity contribution in [3.05, 3.63) is 24.0 Å². The van der Waals surface area contributed by atoms with Gasteiger partial charge in [0.05, 0.1) is 11.0 Å². The van der Waals surface area contributed by atoms with Gasteiger partial charge in [0.15, 0.2) is 0 Å². The zero-order chi connectivity index (χ0) is 12.1. The van der Waals surface area contributed by atoms with E-state index in [2.05, 4.69) is 9.97 Å². The topological polar surface area (TPSA) is 74.9 Å². The van der Waals surface area contributed by atoms with Gasteiger partial charge in [-0.15, -0.1) is 0 Å². The quantitative estimate of drug-likeness (QED) is 0.540. The number of benzene rings is 1. The second-order valence-corrected chi connectivity index (χ2v) is 5.12. The number of aliphatic hydroxyl groups is 1. The highest BCUT2D eigenvalue weighted by atomic mass is 32.2. The molecule has 0 spiro atoms. The number of aromatic amines is 1. The monoisotopic (exact) mass is 251 g/mol. The number of anilines is 1. The molecule has 0 aliphatic rings. The maximum atomic E-state index is 8.66. The van der Waals surface area contributed by atoms with Crippen LogP contribution in [-0.4, -0.2) is 33.2 Å².